The van der Waals surface area contributed by atoms with E-state index in [1.54, 1.807) is 0 Å². The van der Waals surface area contributed by atoms with E-state index >= 15 is 0 Å². The Balaban J connectivity index is 2.67. The van der Waals surface area contributed by atoms with Crippen LogP contribution >= 0.6 is 12.6 Å². The zero-order chi connectivity index (χ0) is 9.68. The molecule has 0 bridgehead atoms. The predicted octanol–water partition coefficient (Wildman–Crippen LogP) is 2.57. The number of thiol groups is 1. The summed E-state index contributed by atoms with van der Waals surface area (Å²) in [6.07, 6.45) is 2.02. The van der Waals surface area contributed by atoms with Crippen molar-refractivity contribution in [1.82, 2.24) is 0 Å². The van der Waals surface area contributed by atoms with E-state index in [9.17, 15) is 0 Å². The Morgan fingerprint density at radius 3 is 2.38 bits per heavy atom. The molecule has 0 spiro atoms. The fourth-order valence-electron chi connectivity index (χ4n) is 1.31. The topological polar surface area (TPSA) is 26.0 Å². The van der Waals surface area contributed by atoms with Crippen LogP contribution in [-0.2, 0) is 6.42 Å². The van der Waals surface area contributed by atoms with Crippen LogP contribution in [0.3, 0.4) is 0 Å². The first-order chi connectivity index (χ1) is 6.27. The van der Waals surface area contributed by atoms with Crippen molar-refractivity contribution in [3.8, 4) is 0 Å². The van der Waals surface area contributed by atoms with E-state index in [0.29, 0.717) is 0 Å². The Bertz CT molecular complexity index is 243. The van der Waals surface area contributed by atoms with Gasteiger partial charge in [0.25, 0.3) is 0 Å². The summed E-state index contributed by atoms with van der Waals surface area (Å²) in [6, 6.07) is 8.67. The molecule has 1 aromatic carbocycles. The number of benzene rings is 1. The average Bonchev–Trinajstić information content (AvgIpc) is 2.18. The van der Waals surface area contributed by atoms with Gasteiger partial charge in [0.15, 0.2) is 0 Å². The fraction of sp³-hybridized carbons (Fsp3) is 0.455. The number of hydrogen-bond acceptors (Lipinski definition) is 2. The van der Waals surface area contributed by atoms with E-state index in [1.807, 2.05) is 0 Å². The molecule has 1 nitrogen and oxygen atoms in total. The molecular weight excluding hydrogens is 178 g/mol. The van der Waals surface area contributed by atoms with E-state index in [-0.39, 0.29) is 6.04 Å². The van der Waals surface area contributed by atoms with E-state index in [2.05, 4.69) is 43.8 Å². The highest BCUT2D eigenvalue weighted by atomic mass is 32.1. The van der Waals surface area contributed by atoms with Gasteiger partial charge in [-0.2, -0.15) is 12.6 Å². The molecule has 0 aliphatic rings. The van der Waals surface area contributed by atoms with Crippen LogP contribution in [0.1, 0.15) is 30.5 Å². The van der Waals surface area contributed by atoms with Gasteiger partial charge in [-0.05, 0) is 29.7 Å². The molecule has 1 unspecified atom stereocenters. The predicted molar refractivity (Wildman–Crippen MR) is 61.2 cm³/mol. The quantitative estimate of drug-likeness (QED) is 0.710. The number of rotatable bonds is 4. The number of nitrogens with two attached hydrogens (primary N) is 1. The van der Waals surface area contributed by atoms with Gasteiger partial charge in [-0.25, -0.2) is 0 Å². The van der Waals surface area contributed by atoms with Crippen molar-refractivity contribution < 1.29 is 0 Å². The molecule has 0 aliphatic heterocycles. The molecule has 0 amide bonds. The summed E-state index contributed by atoms with van der Waals surface area (Å²) in [6.45, 7) is 2.16. The lowest BCUT2D eigenvalue weighted by atomic mass is 10.0. The van der Waals surface area contributed by atoms with Gasteiger partial charge in [0.05, 0.1) is 0 Å². The standard InChI is InChI=1S/C11H17NS/c1-2-9-3-5-10(6-4-9)11(12)7-8-13/h3-6,11,13H,2,7-8,12H2,1H3. The van der Waals surface area contributed by atoms with Crippen LogP contribution in [0.15, 0.2) is 24.3 Å². The maximum absolute atomic E-state index is 5.95. The Hall–Kier alpha value is -0.470. The van der Waals surface area contributed by atoms with Gasteiger partial charge in [-0.3, -0.25) is 0 Å². The summed E-state index contributed by atoms with van der Waals surface area (Å²) >= 11 is 4.17. The fourth-order valence-corrected chi connectivity index (χ4v) is 1.58. The minimum Gasteiger partial charge on any atom is -0.324 e. The molecule has 1 aromatic rings. The van der Waals surface area contributed by atoms with Crippen LogP contribution in [0.2, 0.25) is 0 Å². The molecule has 0 fully saturated rings. The third kappa shape index (κ3) is 3.05. The van der Waals surface area contributed by atoms with Gasteiger partial charge in [-0.1, -0.05) is 31.2 Å². The second kappa shape index (κ2) is 5.30. The molecule has 0 aromatic heterocycles. The minimum absolute atomic E-state index is 0.142. The van der Waals surface area contributed by atoms with Gasteiger partial charge in [0.2, 0.25) is 0 Å². The summed E-state index contributed by atoms with van der Waals surface area (Å²) in [7, 11) is 0. The second-order valence-corrected chi connectivity index (χ2v) is 3.66. The molecule has 2 N–H and O–H groups in total. The summed E-state index contributed by atoms with van der Waals surface area (Å²) in [5.74, 6) is 0.844. The Morgan fingerprint density at radius 1 is 1.31 bits per heavy atom. The van der Waals surface area contributed by atoms with Crippen molar-refractivity contribution in [3.63, 3.8) is 0 Å². The van der Waals surface area contributed by atoms with Gasteiger partial charge in [-0.15, -0.1) is 0 Å². The van der Waals surface area contributed by atoms with Crippen LogP contribution in [0, 0.1) is 0 Å². The molecule has 1 atom stereocenters. The Kier molecular flexibility index (Phi) is 4.33. The first-order valence-corrected chi connectivity index (χ1v) is 5.36. The van der Waals surface area contributed by atoms with Gasteiger partial charge < -0.3 is 5.73 Å². The van der Waals surface area contributed by atoms with Crippen molar-refractivity contribution in [2.24, 2.45) is 5.73 Å². The Labute approximate surface area is 85.8 Å². The molecule has 2 heteroatoms. The molecule has 0 aliphatic carbocycles. The highest BCUT2D eigenvalue weighted by Gasteiger charge is 2.03. The minimum atomic E-state index is 0.142. The van der Waals surface area contributed by atoms with Crippen molar-refractivity contribution in [3.05, 3.63) is 35.4 Å². The Morgan fingerprint density at radius 2 is 1.92 bits per heavy atom. The highest BCUT2D eigenvalue weighted by molar-refractivity contribution is 7.80. The molecule has 0 saturated carbocycles. The van der Waals surface area contributed by atoms with Crippen molar-refractivity contribution in [1.29, 1.82) is 0 Å². The van der Waals surface area contributed by atoms with Crippen LogP contribution < -0.4 is 5.73 Å². The third-order valence-electron chi connectivity index (χ3n) is 2.26. The summed E-state index contributed by atoms with van der Waals surface area (Å²) < 4.78 is 0. The largest absolute Gasteiger partial charge is 0.324 e. The SMILES string of the molecule is CCc1ccc(C(N)CCS)cc1. The third-order valence-corrected chi connectivity index (χ3v) is 2.51. The zero-order valence-corrected chi connectivity index (χ0v) is 8.93. The zero-order valence-electron chi connectivity index (χ0n) is 8.03. The summed E-state index contributed by atoms with van der Waals surface area (Å²) in [4.78, 5) is 0. The molecule has 72 valence electrons. The number of hydrogen-bond donors (Lipinski definition) is 2. The van der Waals surface area contributed by atoms with Gasteiger partial charge >= 0.3 is 0 Å². The van der Waals surface area contributed by atoms with Crippen LogP contribution in [0.25, 0.3) is 0 Å². The van der Waals surface area contributed by atoms with E-state index in [0.717, 1.165) is 18.6 Å². The second-order valence-electron chi connectivity index (χ2n) is 3.21. The molecule has 0 saturated heterocycles. The molecular formula is C11H17NS. The lowest BCUT2D eigenvalue weighted by Gasteiger charge is -2.10. The number of aryl methyl sites for hydroxylation is 1. The van der Waals surface area contributed by atoms with E-state index in [4.69, 9.17) is 5.73 Å². The molecule has 0 radical (unpaired) electrons. The van der Waals surface area contributed by atoms with Gasteiger partial charge in [0.1, 0.15) is 0 Å². The van der Waals surface area contributed by atoms with Crippen molar-refractivity contribution >= 4 is 12.6 Å². The highest BCUT2D eigenvalue weighted by Crippen LogP contribution is 2.15. The summed E-state index contributed by atoms with van der Waals surface area (Å²) in [5, 5.41) is 0. The van der Waals surface area contributed by atoms with Crippen LogP contribution in [-0.4, -0.2) is 5.75 Å². The summed E-state index contributed by atoms with van der Waals surface area (Å²) in [5.41, 5.74) is 8.53. The first-order valence-electron chi connectivity index (χ1n) is 4.73. The van der Waals surface area contributed by atoms with E-state index < -0.39 is 0 Å². The normalized spacial score (nSPS) is 12.8. The van der Waals surface area contributed by atoms with Crippen molar-refractivity contribution in [2.75, 3.05) is 5.75 Å². The monoisotopic (exact) mass is 195 g/mol. The molecule has 0 heterocycles. The van der Waals surface area contributed by atoms with E-state index in [1.165, 1.54) is 11.1 Å². The first kappa shape index (κ1) is 10.6. The van der Waals surface area contributed by atoms with Crippen molar-refractivity contribution in [2.45, 2.75) is 25.8 Å². The maximum Gasteiger partial charge on any atom is 0.0302 e. The molecule has 13 heavy (non-hydrogen) atoms. The van der Waals surface area contributed by atoms with Crippen LogP contribution in [0.4, 0.5) is 0 Å². The smallest absolute Gasteiger partial charge is 0.0302 e. The van der Waals surface area contributed by atoms with Crippen LogP contribution in [0.5, 0.6) is 0 Å². The van der Waals surface area contributed by atoms with Gasteiger partial charge in [0, 0.05) is 6.04 Å². The maximum atomic E-state index is 5.95. The molecule has 1 rings (SSSR count). The average molecular weight is 195 g/mol. The lowest BCUT2D eigenvalue weighted by Crippen LogP contribution is -2.10. The lowest BCUT2D eigenvalue weighted by molar-refractivity contribution is 0.706.